The van der Waals surface area contributed by atoms with E-state index in [2.05, 4.69) is 30.4 Å². The Morgan fingerprint density at radius 2 is 2.20 bits per heavy atom. The zero-order chi connectivity index (χ0) is 10.7. The SMILES string of the molecule is COc1ccc(C)cc1CCNC1CC1. The minimum Gasteiger partial charge on any atom is -0.496 e. The summed E-state index contributed by atoms with van der Waals surface area (Å²) in [6.45, 7) is 3.18. The number of ether oxygens (including phenoxy) is 1. The van der Waals surface area contributed by atoms with Crippen LogP contribution >= 0.6 is 0 Å². The molecule has 1 fully saturated rings. The van der Waals surface area contributed by atoms with Crippen LogP contribution in [0.4, 0.5) is 0 Å². The zero-order valence-electron chi connectivity index (χ0n) is 9.55. The Morgan fingerprint density at radius 1 is 1.40 bits per heavy atom. The van der Waals surface area contributed by atoms with Crippen LogP contribution in [0.3, 0.4) is 0 Å². The van der Waals surface area contributed by atoms with E-state index in [-0.39, 0.29) is 0 Å². The number of hydrogen-bond acceptors (Lipinski definition) is 2. The highest BCUT2D eigenvalue weighted by Gasteiger charge is 2.19. The average Bonchev–Trinajstić information content (AvgIpc) is 3.02. The molecular formula is C13H19NO. The van der Waals surface area contributed by atoms with Crippen molar-refractivity contribution in [1.29, 1.82) is 0 Å². The fourth-order valence-electron chi connectivity index (χ4n) is 1.80. The molecule has 0 unspecified atom stereocenters. The van der Waals surface area contributed by atoms with Crippen LogP contribution in [-0.2, 0) is 6.42 Å². The van der Waals surface area contributed by atoms with Crippen LogP contribution in [0, 0.1) is 6.92 Å². The van der Waals surface area contributed by atoms with E-state index < -0.39 is 0 Å². The van der Waals surface area contributed by atoms with Crippen molar-refractivity contribution in [2.75, 3.05) is 13.7 Å². The first-order chi connectivity index (χ1) is 7.29. The smallest absolute Gasteiger partial charge is 0.122 e. The fourth-order valence-corrected chi connectivity index (χ4v) is 1.80. The monoisotopic (exact) mass is 205 g/mol. The Hall–Kier alpha value is -1.02. The predicted molar refractivity (Wildman–Crippen MR) is 62.5 cm³/mol. The average molecular weight is 205 g/mol. The third kappa shape index (κ3) is 2.96. The molecule has 0 atom stereocenters. The summed E-state index contributed by atoms with van der Waals surface area (Å²) in [4.78, 5) is 0. The normalized spacial score (nSPS) is 15.3. The first-order valence-corrected chi connectivity index (χ1v) is 5.66. The topological polar surface area (TPSA) is 21.3 Å². The van der Waals surface area contributed by atoms with Gasteiger partial charge < -0.3 is 10.1 Å². The number of aryl methyl sites for hydroxylation is 1. The number of rotatable bonds is 5. The molecule has 15 heavy (non-hydrogen) atoms. The predicted octanol–water partition coefficient (Wildman–Crippen LogP) is 2.30. The van der Waals surface area contributed by atoms with Gasteiger partial charge in [0.05, 0.1) is 7.11 Å². The lowest BCUT2D eigenvalue weighted by molar-refractivity contribution is 0.409. The van der Waals surface area contributed by atoms with Crippen LogP contribution in [-0.4, -0.2) is 19.7 Å². The molecule has 82 valence electrons. The number of benzene rings is 1. The van der Waals surface area contributed by atoms with Gasteiger partial charge in [0.15, 0.2) is 0 Å². The number of nitrogens with one attached hydrogen (secondary N) is 1. The molecule has 1 aliphatic rings. The Kier molecular flexibility index (Phi) is 3.27. The highest BCUT2D eigenvalue weighted by atomic mass is 16.5. The van der Waals surface area contributed by atoms with E-state index in [4.69, 9.17) is 4.74 Å². The molecule has 1 aromatic rings. The van der Waals surface area contributed by atoms with Gasteiger partial charge in [0, 0.05) is 6.04 Å². The summed E-state index contributed by atoms with van der Waals surface area (Å²) in [7, 11) is 1.74. The molecule has 1 aliphatic carbocycles. The third-order valence-corrected chi connectivity index (χ3v) is 2.84. The maximum atomic E-state index is 5.35. The second-order valence-electron chi connectivity index (χ2n) is 4.29. The molecule has 1 aromatic carbocycles. The van der Waals surface area contributed by atoms with Crippen molar-refractivity contribution in [3.05, 3.63) is 29.3 Å². The van der Waals surface area contributed by atoms with E-state index in [1.165, 1.54) is 24.0 Å². The first kappa shape index (κ1) is 10.5. The van der Waals surface area contributed by atoms with Crippen molar-refractivity contribution in [3.8, 4) is 5.75 Å². The zero-order valence-corrected chi connectivity index (χ0v) is 9.55. The summed E-state index contributed by atoms with van der Waals surface area (Å²) in [5.74, 6) is 1.01. The van der Waals surface area contributed by atoms with Gasteiger partial charge in [-0.2, -0.15) is 0 Å². The largest absolute Gasteiger partial charge is 0.496 e. The van der Waals surface area contributed by atoms with Crippen molar-refractivity contribution in [2.45, 2.75) is 32.2 Å². The summed E-state index contributed by atoms with van der Waals surface area (Å²) in [5.41, 5.74) is 2.61. The van der Waals surface area contributed by atoms with Crippen LogP contribution in [0.5, 0.6) is 5.75 Å². The molecule has 2 rings (SSSR count). The van der Waals surface area contributed by atoms with Crippen LogP contribution in [0.2, 0.25) is 0 Å². The summed E-state index contributed by atoms with van der Waals surface area (Å²) in [6.07, 6.45) is 3.76. The number of hydrogen-bond donors (Lipinski definition) is 1. The Balaban J connectivity index is 1.94. The molecule has 1 N–H and O–H groups in total. The molecule has 0 saturated heterocycles. The minimum atomic E-state index is 0.792. The molecule has 0 aromatic heterocycles. The third-order valence-electron chi connectivity index (χ3n) is 2.84. The van der Waals surface area contributed by atoms with E-state index in [9.17, 15) is 0 Å². The lowest BCUT2D eigenvalue weighted by atomic mass is 10.1. The maximum absolute atomic E-state index is 5.35. The molecule has 1 saturated carbocycles. The van der Waals surface area contributed by atoms with E-state index in [0.717, 1.165) is 24.8 Å². The summed E-state index contributed by atoms with van der Waals surface area (Å²) >= 11 is 0. The van der Waals surface area contributed by atoms with Crippen molar-refractivity contribution < 1.29 is 4.74 Å². The van der Waals surface area contributed by atoms with E-state index in [1.54, 1.807) is 7.11 Å². The van der Waals surface area contributed by atoms with Gasteiger partial charge in [0.1, 0.15) is 5.75 Å². The van der Waals surface area contributed by atoms with Crippen molar-refractivity contribution in [2.24, 2.45) is 0 Å². The van der Waals surface area contributed by atoms with E-state index in [0.29, 0.717) is 0 Å². The molecular weight excluding hydrogens is 186 g/mol. The van der Waals surface area contributed by atoms with Gasteiger partial charge in [0.25, 0.3) is 0 Å². The van der Waals surface area contributed by atoms with Gasteiger partial charge >= 0.3 is 0 Å². The van der Waals surface area contributed by atoms with Gasteiger partial charge in [-0.1, -0.05) is 17.7 Å². The number of methoxy groups -OCH3 is 1. The maximum Gasteiger partial charge on any atom is 0.122 e. The highest BCUT2D eigenvalue weighted by Crippen LogP contribution is 2.21. The van der Waals surface area contributed by atoms with Crippen LogP contribution in [0.1, 0.15) is 24.0 Å². The van der Waals surface area contributed by atoms with Crippen molar-refractivity contribution >= 4 is 0 Å². The van der Waals surface area contributed by atoms with E-state index in [1.807, 2.05) is 0 Å². The molecule has 0 radical (unpaired) electrons. The minimum absolute atomic E-state index is 0.792. The molecule has 2 nitrogen and oxygen atoms in total. The van der Waals surface area contributed by atoms with Gasteiger partial charge in [-0.25, -0.2) is 0 Å². The molecule has 2 heteroatoms. The highest BCUT2D eigenvalue weighted by molar-refractivity contribution is 5.37. The standard InChI is InChI=1S/C13H19NO/c1-10-3-6-13(15-2)11(9-10)7-8-14-12-4-5-12/h3,6,9,12,14H,4-5,7-8H2,1-2H3. The summed E-state index contributed by atoms with van der Waals surface area (Å²) in [6, 6.07) is 7.16. The van der Waals surface area contributed by atoms with Crippen molar-refractivity contribution in [3.63, 3.8) is 0 Å². The fraction of sp³-hybridized carbons (Fsp3) is 0.538. The van der Waals surface area contributed by atoms with Crippen molar-refractivity contribution in [1.82, 2.24) is 5.32 Å². The van der Waals surface area contributed by atoms with Crippen LogP contribution in [0.25, 0.3) is 0 Å². The lowest BCUT2D eigenvalue weighted by Gasteiger charge is -2.09. The first-order valence-electron chi connectivity index (χ1n) is 5.66. The second-order valence-corrected chi connectivity index (χ2v) is 4.29. The van der Waals surface area contributed by atoms with Gasteiger partial charge in [-0.15, -0.1) is 0 Å². The quantitative estimate of drug-likeness (QED) is 0.796. The molecule has 0 heterocycles. The second kappa shape index (κ2) is 4.67. The van der Waals surface area contributed by atoms with Gasteiger partial charge in [-0.3, -0.25) is 0 Å². The Labute approximate surface area is 91.6 Å². The summed E-state index contributed by atoms with van der Waals surface area (Å²) in [5, 5.41) is 3.52. The lowest BCUT2D eigenvalue weighted by Crippen LogP contribution is -2.19. The van der Waals surface area contributed by atoms with Crippen LogP contribution in [0.15, 0.2) is 18.2 Å². The van der Waals surface area contributed by atoms with Gasteiger partial charge in [0.2, 0.25) is 0 Å². The Bertz CT molecular complexity index is 331. The molecule has 0 amide bonds. The van der Waals surface area contributed by atoms with E-state index >= 15 is 0 Å². The molecule has 0 spiro atoms. The molecule has 0 aliphatic heterocycles. The van der Waals surface area contributed by atoms with Gasteiger partial charge in [-0.05, 0) is 44.4 Å². The Morgan fingerprint density at radius 3 is 2.87 bits per heavy atom. The van der Waals surface area contributed by atoms with Crippen LogP contribution < -0.4 is 10.1 Å². The molecule has 0 bridgehead atoms. The summed E-state index contributed by atoms with van der Waals surface area (Å²) < 4.78 is 5.35.